The van der Waals surface area contributed by atoms with Gasteiger partial charge in [0.15, 0.2) is 0 Å². The van der Waals surface area contributed by atoms with E-state index >= 15 is 0 Å². The lowest BCUT2D eigenvalue weighted by molar-refractivity contribution is -0.126. The van der Waals surface area contributed by atoms with Crippen molar-refractivity contribution in [1.29, 1.82) is 0 Å². The Morgan fingerprint density at radius 2 is 2.19 bits per heavy atom. The van der Waals surface area contributed by atoms with Crippen LogP contribution in [-0.4, -0.2) is 29.2 Å². The Labute approximate surface area is 158 Å². The van der Waals surface area contributed by atoms with Gasteiger partial charge in [-0.15, -0.1) is 0 Å². The third kappa shape index (κ3) is 3.35. The lowest BCUT2D eigenvalue weighted by Crippen LogP contribution is -2.37. The Hall–Kier alpha value is -3.02. The maximum absolute atomic E-state index is 12.6. The normalized spacial score (nSPS) is 15.9. The molecule has 1 amide bonds. The Morgan fingerprint density at radius 3 is 3.00 bits per heavy atom. The first kappa shape index (κ1) is 17.4. The van der Waals surface area contributed by atoms with Gasteiger partial charge >= 0.3 is 0 Å². The molecular formula is C21H23N3O3. The summed E-state index contributed by atoms with van der Waals surface area (Å²) in [7, 11) is 3.63. The molecule has 1 aliphatic rings. The molecule has 27 heavy (non-hydrogen) atoms. The molecule has 6 nitrogen and oxygen atoms in total. The summed E-state index contributed by atoms with van der Waals surface area (Å²) in [4.78, 5) is 17.1. The monoisotopic (exact) mass is 365 g/mol. The first-order valence-corrected chi connectivity index (χ1v) is 9.04. The number of fused-ring (bicyclic) bond motifs is 2. The van der Waals surface area contributed by atoms with Gasteiger partial charge < -0.3 is 19.4 Å². The molecule has 3 aromatic rings. The number of benzene rings is 2. The van der Waals surface area contributed by atoms with Crippen LogP contribution in [0.1, 0.15) is 17.0 Å². The lowest BCUT2D eigenvalue weighted by Gasteiger charge is -2.25. The first-order chi connectivity index (χ1) is 13.0. The average molecular weight is 365 g/mol. The summed E-state index contributed by atoms with van der Waals surface area (Å²) in [6, 6.07) is 11.8. The van der Waals surface area contributed by atoms with Crippen molar-refractivity contribution in [3.8, 4) is 11.5 Å². The van der Waals surface area contributed by atoms with Crippen LogP contribution in [0.5, 0.6) is 11.5 Å². The van der Waals surface area contributed by atoms with Gasteiger partial charge in [0.2, 0.25) is 5.91 Å². The van der Waals surface area contributed by atoms with Gasteiger partial charge in [0.05, 0.1) is 24.1 Å². The summed E-state index contributed by atoms with van der Waals surface area (Å²) in [5.41, 5.74) is 4.12. The number of hydrogen-bond acceptors (Lipinski definition) is 4. The molecule has 2 heterocycles. The second-order valence-corrected chi connectivity index (χ2v) is 6.94. The summed E-state index contributed by atoms with van der Waals surface area (Å²) < 4.78 is 13.0. The number of imidazole rings is 1. The third-order valence-electron chi connectivity index (χ3n) is 5.19. The predicted molar refractivity (Wildman–Crippen MR) is 103 cm³/mol. The van der Waals surface area contributed by atoms with Gasteiger partial charge in [-0.3, -0.25) is 4.79 Å². The Bertz CT molecular complexity index is 1010. The second kappa shape index (κ2) is 6.95. The minimum absolute atomic E-state index is 0.00812. The van der Waals surface area contributed by atoms with E-state index < -0.39 is 0 Å². The van der Waals surface area contributed by atoms with Crippen molar-refractivity contribution in [2.75, 3.05) is 13.7 Å². The van der Waals surface area contributed by atoms with Crippen LogP contribution in [-0.2, 0) is 24.8 Å². The van der Waals surface area contributed by atoms with Gasteiger partial charge in [0.25, 0.3) is 0 Å². The van der Waals surface area contributed by atoms with Crippen molar-refractivity contribution in [3.63, 3.8) is 0 Å². The van der Waals surface area contributed by atoms with E-state index in [1.54, 1.807) is 7.11 Å². The molecule has 1 aliphatic heterocycles. The fourth-order valence-electron chi connectivity index (χ4n) is 3.46. The number of hydrogen-bond donors (Lipinski definition) is 1. The van der Waals surface area contributed by atoms with E-state index in [4.69, 9.17) is 9.47 Å². The standard InChI is InChI=1S/C21H23N3O3/c1-13-23-18-8-14(4-7-19(18)24(13)2)11-22-21(25)16-9-15-5-6-17(26-3)10-20(15)27-12-16/h4-8,10,16H,9,11-12H2,1-3H3,(H,22,25)/t16-/m0/s1. The molecule has 0 spiro atoms. The fraction of sp³-hybridized carbons (Fsp3) is 0.333. The van der Waals surface area contributed by atoms with E-state index in [0.29, 0.717) is 19.6 Å². The number of aromatic nitrogens is 2. The number of ether oxygens (including phenoxy) is 2. The van der Waals surface area contributed by atoms with Crippen molar-refractivity contribution in [2.45, 2.75) is 19.9 Å². The maximum Gasteiger partial charge on any atom is 0.227 e. The smallest absolute Gasteiger partial charge is 0.227 e. The number of nitrogens with zero attached hydrogens (tertiary/aromatic N) is 2. The van der Waals surface area contributed by atoms with Gasteiger partial charge in [-0.2, -0.15) is 0 Å². The Morgan fingerprint density at radius 1 is 1.33 bits per heavy atom. The highest BCUT2D eigenvalue weighted by atomic mass is 16.5. The van der Waals surface area contributed by atoms with E-state index in [2.05, 4.69) is 14.9 Å². The van der Waals surface area contributed by atoms with E-state index in [9.17, 15) is 4.79 Å². The Balaban J connectivity index is 1.41. The first-order valence-electron chi connectivity index (χ1n) is 9.04. The van der Waals surface area contributed by atoms with Crippen molar-refractivity contribution in [1.82, 2.24) is 14.9 Å². The molecule has 1 aromatic heterocycles. The van der Waals surface area contributed by atoms with Crippen LogP contribution in [0.3, 0.4) is 0 Å². The van der Waals surface area contributed by atoms with Gasteiger partial charge in [0, 0.05) is 19.7 Å². The third-order valence-corrected chi connectivity index (χ3v) is 5.19. The number of amides is 1. The molecule has 0 bridgehead atoms. The highest BCUT2D eigenvalue weighted by molar-refractivity contribution is 5.80. The number of rotatable bonds is 4. The van der Waals surface area contributed by atoms with Crippen LogP contribution in [0, 0.1) is 12.8 Å². The minimum Gasteiger partial charge on any atom is -0.497 e. The predicted octanol–water partition coefficient (Wildman–Crippen LogP) is 2.76. The average Bonchev–Trinajstić information content (AvgIpc) is 2.98. The maximum atomic E-state index is 12.6. The van der Waals surface area contributed by atoms with Crippen LogP contribution >= 0.6 is 0 Å². The SMILES string of the molecule is COc1ccc2c(c1)OC[C@@H](C(=O)NCc1ccc3c(c1)nc(C)n3C)C2. The van der Waals surface area contributed by atoms with Crippen molar-refractivity contribution in [3.05, 3.63) is 53.3 Å². The molecule has 0 aliphatic carbocycles. The number of carbonyl (C=O) groups excluding carboxylic acids is 1. The van der Waals surface area contributed by atoms with Crippen LogP contribution < -0.4 is 14.8 Å². The Kier molecular flexibility index (Phi) is 4.48. The molecule has 1 N–H and O–H groups in total. The molecule has 4 rings (SSSR count). The number of carbonyl (C=O) groups is 1. The molecule has 0 saturated heterocycles. The van der Waals surface area contributed by atoms with E-state index in [1.807, 2.05) is 50.4 Å². The lowest BCUT2D eigenvalue weighted by atomic mass is 9.96. The molecule has 0 unspecified atom stereocenters. The van der Waals surface area contributed by atoms with Gasteiger partial charge in [-0.05, 0) is 42.7 Å². The zero-order chi connectivity index (χ0) is 19.0. The van der Waals surface area contributed by atoms with E-state index in [1.165, 1.54) is 0 Å². The zero-order valence-corrected chi connectivity index (χ0v) is 15.8. The molecule has 0 saturated carbocycles. The number of aryl methyl sites for hydroxylation is 2. The molecule has 0 radical (unpaired) electrons. The number of nitrogens with one attached hydrogen (secondary N) is 1. The van der Waals surface area contributed by atoms with Crippen LogP contribution in [0.15, 0.2) is 36.4 Å². The van der Waals surface area contributed by atoms with Crippen LogP contribution in [0.25, 0.3) is 11.0 Å². The van der Waals surface area contributed by atoms with Crippen molar-refractivity contribution in [2.24, 2.45) is 13.0 Å². The molecule has 1 atom stereocenters. The van der Waals surface area contributed by atoms with Crippen molar-refractivity contribution < 1.29 is 14.3 Å². The molecular weight excluding hydrogens is 342 g/mol. The second-order valence-electron chi connectivity index (χ2n) is 6.94. The molecule has 0 fully saturated rings. The van der Waals surface area contributed by atoms with Crippen LogP contribution in [0.2, 0.25) is 0 Å². The summed E-state index contributed by atoms with van der Waals surface area (Å²) in [5.74, 6) is 2.35. The fourth-order valence-corrected chi connectivity index (χ4v) is 3.46. The number of methoxy groups -OCH3 is 1. The molecule has 140 valence electrons. The van der Waals surface area contributed by atoms with Crippen molar-refractivity contribution >= 4 is 16.9 Å². The van der Waals surface area contributed by atoms with Gasteiger partial charge in [-0.1, -0.05) is 12.1 Å². The van der Waals surface area contributed by atoms with Gasteiger partial charge in [0.1, 0.15) is 23.9 Å². The van der Waals surface area contributed by atoms with E-state index in [0.717, 1.165) is 39.5 Å². The zero-order valence-electron chi connectivity index (χ0n) is 15.8. The topological polar surface area (TPSA) is 65.4 Å². The summed E-state index contributed by atoms with van der Waals surface area (Å²) in [5, 5.41) is 3.03. The quantitative estimate of drug-likeness (QED) is 0.772. The molecule has 6 heteroatoms. The summed E-state index contributed by atoms with van der Waals surface area (Å²) in [6.45, 7) is 2.85. The molecule has 2 aromatic carbocycles. The highest BCUT2D eigenvalue weighted by Gasteiger charge is 2.26. The highest BCUT2D eigenvalue weighted by Crippen LogP contribution is 2.31. The van der Waals surface area contributed by atoms with E-state index in [-0.39, 0.29) is 11.8 Å². The summed E-state index contributed by atoms with van der Waals surface area (Å²) >= 11 is 0. The van der Waals surface area contributed by atoms with Crippen LogP contribution in [0.4, 0.5) is 0 Å². The largest absolute Gasteiger partial charge is 0.497 e. The summed E-state index contributed by atoms with van der Waals surface area (Å²) in [6.07, 6.45) is 0.670. The van der Waals surface area contributed by atoms with Gasteiger partial charge in [-0.25, -0.2) is 4.98 Å². The minimum atomic E-state index is -0.188.